The number of rotatable bonds is 8. The van der Waals surface area contributed by atoms with Crippen molar-refractivity contribution in [2.45, 2.75) is 71.7 Å². The maximum Gasteiger partial charge on any atom is 0.280 e. The number of aromatic nitrogens is 4. The second-order valence-electron chi connectivity index (χ2n) is 6.12. The number of hydrogen-bond donors (Lipinski definition) is 1. The Labute approximate surface area is 152 Å². The molecule has 2 aromatic rings. The largest absolute Gasteiger partial charge is 0.353 e. The van der Waals surface area contributed by atoms with Gasteiger partial charge in [0.2, 0.25) is 5.91 Å². The van der Waals surface area contributed by atoms with Gasteiger partial charge in [-0.15, -0.1) is 0 Å². The molecule has 1 atom stereocenters. The highest BCUT2D eigenvalue weighted by Crippen LogP contribution is 2.20. The third kappa shape index (κ3) is 4.23. The molecule has 0 fully saturated rings. The van der Waals surface area contributed by atoms with Crippen molar-refractivity contribution in [1.82, 2.24) is 24.6 Å². The normalized spacial score (nSPS) is 12.5. The topological polar surface area (TPSA) is 81.8 Å². The lowest BCUT2D eigenvalue weighted by Crippen LogP contribution is -2.33. The molecule has 0 saturated heterocycles. The molecular formula is C17H27N5O2S. The van der Waals surface area contributed by atoms with Crippen molar-refractivity contribution in [1.29, 1.82) is 0 Å². The third-order valence-electron chi connectivity index (χ3n) is 4.08. The predicted octanol–water partition coefficient (Wildman–Crippen LogP) is 2.34. The van der Waals surface area contributed by atoms with Crippen molar-refractivity contribution in [3.05, 3.63) is 16.0 Å². The van der Waals surface area contributed by atoms with Crippen molar-refractivity contribution in [2.24, 2.45) is 0 Å². The Morgan fingerprint density at radius 3 is 2.64 bits per heavy atom. The van der Waals surface area contributed by atoms with Gasteiger partial charge in [-0.1, -0.05) is 25.6 Å². The van der Waals surface area contributed by atoms with Crippen LogP contribution in [0.4, 0.5) is 0 Å². The van der Waals surface area contributed by atoms with Crippen molar-refractivity contribution in [3.63, 3.8) is 0 Å². The van der Waals surface area contributed by atoms with Gasteiger partial charge in [0.1, 0.15) is 5.52 Å². The lowest BCUT2D eigenvalue weighted by atomic mass is 10.3. The van der Waals surface area contributed by atoms with Gasteiger partial charge in [-0.3, -0.25) is 18.8 Å². The van der Waals surface area contributed by atoms with Crippen LogP contribution in [0.15, 0.2) is 9.95 Å². The zero-order valence-corrected chi connectivity index (χ0v) is 16.4. The summed E-state index contributed by atoms with van der Waals surface area (Å²) in [7, 11) is 0. The Hall–Kier alpha value is -1.83. The molecule has 0 spiro atoms. The van der Waals surface area contributed by atoms with Gasteiger partial charge in [0.25, 0.3) is 5.56 Å². The number of hydrogen-bond acceptors (Lipinski definition) is 5. The van der Waals surface area contributed by atoms with Crippen LogP contribution in [0.1, 0.15) is 46.2 Å². The van der Waals surface area contributed by atoms with Crippen LogP contribution >= 0.6 is 11.8 Å². The molecule has 2 aromatic heterocycles. The van der Waals surface area contributed by atoms with Crippen molar-refractivity contribution >= 4 is 28.7 Å². The van der Waals surface area contributed by atoms with E-state index in [0.29, 0.717) is 29.3 Å². The lowest BCUT2D eigenvalue weighted by Gasteiger charge is -2.13. The SMILES string of the molecule is CCCn1c(SCC(=O)NC(C)CC)nc2c(C)nn(CC)c2c1=O. The van der Waals surface area contributed by atoms with Gasteiger partial charge in [0, 0.05) is 19.1 Å². The van der Waals surface area contributed by atoms with E-state index in [1.54, 1.807) is 9.25 Å². The van der Waals surface area contributed by atoms with E-state index in [4.69, 9.17) is 0 Å². The van der Waals surface area contributed by atoms with Crippen molar-refractivity contribution < 1.29 is 4.79 Å². The third-order valence-corrected chi connectivity index (χ3v) is 5.06. The van der Waals surface area contributed by atoms with Gasteiger partial charge in [0.05, 0.1) is 11.4 Å². The minimum atomic E-state index is -0.0841. The van der Waals surface area contributed by atoms with Gasteiger partial charge in [-0.05, 0) is 33.6 Å². The number of amides is 1. The average molecular weight is 366 g/mol. The fraction of sp³-hybridized carbons (Fsp3) is 0.647. The van der Waals surface area contributed by atoms with E-state index in [1.165, 1.54) is 11.8 Å². The maximum atomic E-state index is 12.9. The molecule has 7 nitrogen and oxygen atoms in total. The Bertz CT molecular complexity index is 811. The highest BCUT2D eigenvalue weighted by Gasteiger charge is 2.18. The first-order valence-electron chi connectivity index (χ1n) is 8.82. The van der Waals surface area contributed by atoms with Gasteiger partial charge in [-0.25, -0.2) is 4.98 Å². The zero-order chi connectivity index (χ0) is 18.6. The first kappa shape index (κ1) is 19.5. The van der Waals surface area contributed by atoms with Crippen LogP contribution < -0.4 is 10.9 Å². The average Bonchev–Trinajstić information content (AvgIpc) is 2.92. The lowest BCUT2D eigenvalue weighted by molar-refractivity contribution is -0.119. The number of thioether (sulfide) groups is 1. The van der Waals surface area contributed by atoms with E-state index in [-0.39, 0.29) is 23.3 Å². The molecule has 1 amide bonds. The second-order valence-corrected chi connectivity index (χ2v) is 7.06. The van der Waals surface area contributed by atoms with E-state index in [2.05, 4.69) is 15.4 Å². The quantitative estimate of drug-likeness (QED) is 0.573. The highest BCUT2D eigenvalue weighted by molar-refractivity contribution is 7.99. The summed E-state index contributed by atoms with van der Waals surface area (Å²) in [6, 6.07) is 0.145. The van der Waals surface area contributed by atoms with Gasteiger partial charge >= 0.3 is 0 Å². The summed E-state index contributed by atoms with van der Waals surface area (Å²) in [6.07, 6.45) is 1.70. The minimum absolute atomic E-state index is 0.0438. The molecule has 0 aliphatic rings. The van der Waals surface area contributed by atoms with Gasteiger partial charge in [-0.2, -0.15) is 5.10 Å². The molecule has 138 valence electrons. The molecule has 25 heavy (non-hydrogen) atoms. The predicted molar refractivity (Wildman–Crippen MR) is 101 cm³/mol. The van der Waals surface area contributed by atoms with Crippen LogP contribution in [0, 0.1) is 6.92 Å². The number of nitrogens with zero attached hydrogens (tertiary/aromatic N) is 4. The Morgan fingerprint density at radius 1 is 1.32 bits per heavy atom. The van der Waals surface area contributed by atoms with Crippen LogP contribution in [0.3, 0.4) is 0 Å². The van der Waals surface area contributed by atoms with Crippen LogP contribution in [0.25, 0.3) is 11.0 Å². The Kier molecular flexibility index (Phi) is 6.64. The van der Waals surface area contributed by atoms with Crippen molar-refractivity contribution in [3.8, 4) is 0 Å². The van der Waals surface area contributed by atoms with Crippen LogP contribution in [0.5, 0.6) is 0 Å². The molecule has 8 heteroatoms. The molecule has 0 bridgehead atoms. The first-order chi connectivity index (χ1) is 11.9. The molecular weight excluding hydrogens is 338 g/mol. The Morgan fingerprint density at radius 2 is 2.04 bits per heavy atom. The molecule has 0 radical (unpaired) electrons. The summed E-state index contributed by atoms with van der Waals surface area (Å²) in [5.74, 6) is 0.199. The number of fused-ring (bicyclic) bond motifs is 1. The minimum Gasteiger partial charge on any atom is -0.353 e. The van der Waals surface area contributed by atoms with E-state index in [9.17, 15) is 9.59 Å². The summed E-state index contributed by atoms with van der Waals surface area (Å²) in [5.41, 5.74) is 1.83. The van der Waals surface area contributed by atoms with E-state index in [0.717, 1.165) is 18.5 Å². The summed E-state index contributed by atoms with van der Waals surface area (Å²) in [6.45, 7) is 11.0. The molecule has 2 heterocycles. The highest BCUT2D eigenvalue weighted by atomic mass is 32.2. The molecule has 1 unspecified atom stereocenters. The van der Waals surface area contributed by atoms with E-state index in [1.807, 2.05) is 34.6 Å². The zero-order valence-electron chi connectivity index (χ0n) is 15.6. The summed E-state index contributed by atoms with van der Waals surface area (Å²) in [5, 5.41) is 7.93. The molecule has 1 N–H and O–H groups in total. The van der Waals surface area contributed by atoms with Crippen LogP contribution in [-0.2, 0) is 17.9 Å². The second kappa shape index (κ2) is 8.51. The summed E-state index contributed by atoms with van der Waals surface area (Å²) < 4.78 is 3.37. The molecule has 0 aromatic carbocycles. The molecule has 0 aliphatic carbocycles. The smallest absolute Gasteiger partial charge is 0.280 e. The molecule has 0 saturated carbocycles. The van der Waals surface area contributed by atoms with Gasteiger partial charge in [0.15, 0.2) is 10.7 Å². The Balaban J connectivity index is 2.38. The fourth-order valence-corrected chi connectivity index (χ4v) is 3.43. The van der Waals surface area contributed by atoms with Gasteiger partial charge < -0.3 is 5.32 Å². The fourth-order valence-electron chi connectivity index (χ4n) is 2.60. The van der Waals surface area contributed by atoms with Crippen LogP contribution in [0.2, 0.25) is 0 Å². The maximum absolute atomic E-state index is 12.9. The van der Waals surface area contributed by atoms with E-state index < -0.39 is 0 Å². The molecule has 2 rings (SSSR count). The number of carbonyl (C=O) groups is 1. The number of nitrogens with one attached hydrogen (secondary N) is 1. The number of aryl methyl sites for hydroxylation is 2. The summed E-state index contributed by atoms with van der Waals surface area (Å²) >= 11 is 1.30. The van der Waals surface area contributed by atoms with E-state index >= 15 is 0 Å². The molecule has 0 aliphatic heterocycles. The first-order valence-corrected chi connectivity index (χ1v) is 9.81. The summed E-state index contributed by atoms with van der Waals surface area (Å²) in [4.78, 5) is 29.7. The number of carbonyl (C=O) groups excluding carboxylic acids is 1. The van der Waals surface area contributed by atoms with Crippen LogP contribution in [-0.4, -0.2) is 37.0 Å². The van der Waals surface area contributed by atoms with Crippen molar-refractivity contribution in [2.75, 3.05) is 5.75 Å². The monoisotopic (exact) mass is 365 g/mol. The standard InChI is InChI=1S/C17H27N5O2S/c1-6-9-21-16(24)15-14(12(5)20-22(15)8-3)19-17(21)25-10-13(23)18-11(4)7-2/h11H,6-10H2,1-5H3,(H,18,23).